The normalized spacial score (nSPS) is 17.2. The highest BCUT2D eigenvalue weighted by atomic mass is 16.6. The molecular weight excluding hydrogens is 580 g/mol. The summed E-state index contributed by atoms with van der Waals surface area (Å²) >= 11 is 0. The molecule has 0 spiro atoms. The van der Waals surface area contributed by atoms with Crippen LogP contribution in [-0.4, -0.2) is 62.1 Å². The van der Waals surface area contributed by atoms with Crippen LogP contribution in [0.25, 0.3) is 0 Å². The third-order valence-electron chi connectivity index (χ3n) is 7.72. The molecule has 4 rings (SSSR count). The second-order valence-corrected chi connectivity index (χ2v) is 10.9. The molecule has 1 aliphatic heterocycles. The van der Waals surface area contributed by atoms with Gasteiger partial charge in [-0.15, -0.1) is 0 Å². The highest BCUT2D eigenvalue weighted by Gasteiger charge is 2.53. The van der Waals surface area contributed by atoms with E-state index >= 15 is 0 Å². The molecule has 0 radical (unpaired) electrons. The fourth-order valence-electron chi connectivity index (χ4n) is 5.19. The van der Waals surface area contributed by atoms with Crippen molar-refractivity contribution in [3.8, 4) is 0 Å². The molecule has 236 valence electrons. The van der Waals surface area contributed by atoms with Gasteiger partial charge in [-0.3, -0.25) is 24.5 Å². The highest BCUT2D eigenvalue weighted by Crippen LogP contribution is 2.47. The monoisotopic (exact) mass is 616 g/mol. The van der Waals surface area contributed by atoms with E-state index in [0.717, 1.165) is 5.56 Å². The summed E-state index contributed by atoms with van der Waals surface area (Å²) in [5, 5.41) is 45.0. The average Bonchev–Trinajstić information content (AvgIpc) is 3.24. The Morgan fingerprint density at radius 1 is 1.07 bits per heavy atom. The number of nitrogens with zero attached hydrogens (tertiary/aromatic N) is 3. The second kappa shape index (κ2) is 14.2. The summed E-state index contributed by atoms with van der Waals surface area (Å²) in [7, 11) is 0. The SMILES string of the molecule is C[C@H](O)C(=O)Nc1ccc(CN2C(=O)[C@@](O)([C@@H](C)/C=C/CC(=O)N(CCO)Cc3ccccc3)c3cc([N+](=O)[O-])ccc32)cc1. The summed E-state index contributed by atoms with van der Waals surface area (Å²) in [6, 6.07) is 19.8. The van der Waals surface area contributed by atoms with Crippen molar-refractivity contribution in [2.24, 2.45) is 5.92 Å². The zero-order chi connectivity index (χ0) is 32.7. The minimum Gasteiger partial charge on any atom is -0.395 e. The Labute approximate surface area is 260 Å². The standard InChI is InChI=1S/C33H36N4O8/c1-22(7-6-10-30(40)35(17-18-38)20-24-8-4-3-5-9-24)33(43)28-19-27(37(44)45)15-16-29(28)36(32(33)42)21-25-11-13-26(14-12-25)34-31(41)23(2)39/h3-9,11-16,19,22-23,38-39,43H,10,17-18,20-21H2,1-2H3,(H,34,41)/b7-6+/t22-,23-,33+/m0/s1. The van der Waals surface area contributed by atoms with Crippen molar-refractivity contribution in [3.05, 3.63) is 112 Å². The van der Waals surface area contributed by atoms with Crippen molar-refractivity contribution < 1.29 is 34.6 Å². The van der Waals surface area contributed by atoms with Crippen molar-refractivity contribution in [2.45, 2.75) is 45.1 Å². The predicted molar refractivity (Wildman–Crippen MR) is 167 cm³/mol. The van der Waals surface area contributed by atoms with Gasteiger partial charge in [-0.25, -0.2) is 0 Å². The van der Waals surface area contributed by atoms with Crippen molar-refractivity contribution in [1.29, 1.82) is 0 Å². The number of nitro benzene ring substituents is 1. The molecule has 0 aliphatic carbocycles. The lowest BCUT2D eigenvalue weighted by Gasteiger charge is -2.28. The molecule has 0 unspecified atom stereocenters. The Morgan fingerprint density at radius 2 is 1.76 bits per heavy atom. The van der Waals surface area contributed by atoms with Crippen molar-refractivity contribution >= 4 is 34.8 Å². The van der Waals surface area contributed by atoms with E-state index in [9.17, 15) is 39.8 Å². The minimum atomic E-state index is -2.15. The number of aliphatic hydroxyl groups is 3. The van der Waals surface area contributed by atoms with Crippen LogP contribution in [0.4, 0.5) is 17.1 Å². The van der Waals surface area contributed by atoms with Crippen molar-refractivity contribution in [1.82, 2.24) is 4.90 Å². The van der Waals surface area contributed by atoms with Gasteiger partial charge in [0.25, 0.3) is 17.5 Å². The van der Waals surface area contributed by atoms with Crippen LogP contribution in [0.15, 0.2) is 84.9 Å². The molecular formula is C33H36N4O8. The molecule has 12 heteroatoms. The van der Waals surface area contributed by atoms with Crippen LogP contribution in [0.5, 0.6) is 0 Å². The molecule has 3 amide bonds. The van der Waals surface area contributed by atoms with E-state index in [0.29, 0.717) is 23.5 Å². The number of hydrogen-bond acceptors (Lipinski definition) is 8. The van der Waals surface area contributed by atoms with Crippen LogP contribution >= 0.6 is 0 Å². The van der Waals surface area contributed by atoms with Crippen molar-refractivity contribution in [3.63, 3.8) is 0 Å². The van der Waals surface area contributed by atoms with Crippen LogP contribution in [0.3, 0.4) is 0 Å². The summed E-state index contributed by atoms with van der Waals surface area (Å²) in [5.74, 6) is -2.38. The maximum atomic E-state index is 13.9. The molecule has 45 heavy (non-hydrogen) atoms. The van der Waals surface area contributed by atoms with Gasteiger partial charge in [0.1, 0.15) is 6.10 Å². The Kier molecular flexibility index (Phi) is 10.4. The molecule has 0 fully saturated rings. The van der Waals surface area contributed by atoms with E-state index in [1.807, 2.05) is 30.3 Å². The average molecular weight is 617 g/mol. The molecule has 4 N–H and O–H groups in total. The van der Waals surface area contributed by atoms with Crippen LogP contribution in [-0.2, 0) is 33.1 Å². The van der Waals surface area contributed by atoms with E-state index in [1.165, 1.54) is 34.9 Å². The van der Waals surface area contributed by atoms with Gasteiger partial charge in [0.2, 0.25) is 5.91 Å². The number of amides is 3. The summed E-state index contributed by atoms with van der Waals surface area (Å²) in [6.45, 7) is 3.21. The Bertz CT molecular complexity index is 1580. The molecule has 0 saturated carbocycles. The Hall–Kier alpha value is -4.91. The number of rotatable bonds is 13. The molecule has 0 saturated heterocycles. The quantitative estimate of drug-likeness (QED) is 0.129. The number of non-ortho nitro benzene ring substituents is 1. The van der Waals surface area contributed by atoms with Gasteiger partial charge in [0.05, 0.1) is 23.8 Å². The fraction of sp³-hybridized carbons (Fsp3) is 0.303. The maximum absolute atomic E-state index is 13.9. The zero-order valence-electron chi connectivity index (χ0n) is 25.0. The van der Waals surface area contributed by atoms with E-state index in [-0.39, 0.29) is 43.3 Å². The first-order chi connectivity index (χ1) is 21.4. The summed E-state index contributed by atoms with van der Waals surface area (Å²) in [5.41, 5.74) is -0.0413. The number of fused-ring (bicyclic) bond motifs is 1. The zero-order valence-corrected chi connectivity index (χ0v) is 25.0. The first-order valence-electron chi connectivity index (χ1n) is 14.5. The molecule has 3 aromatic carbocycles. The number of carbonyl (C=O) groups is 3. The summed E-state index contributed by atoms with van der Waals surface area (Å²) in [6.07, 6.45) is 1.85. The number of hydrogen-bond donors (Lipinski definition) is 4. The number of benzene rings is 3. The minimum absolute atomic E-state index is 0.0289. The lowest BCUT2D eigenvalue weighted by Crippen LogP contribution is -2.44. The van der Waals surface area contributed by atoms with Gasteiger partial charge in [-0.2, -0.15) is 0 Å². The van der Waals surface area contributed by atoms with Gasteiger partial charge >= 0.3 is 0 Å². The van der Waals surface area contributed by atoms with E-state index < -0.39 is 34.4 Å². The van der Waals surface area contributed by atoms with Crippen LogP contribution < -0.4 is 10.2 Å². The molecule has 3 aromatic rings. The number of nitrogens with one attached hydrogen (secondary N) is 1. The smallest absolute Gasteiger partial charge is 0.269 e. The molecule has 1 aliphatic rings. The third-order valence-corrected chi connectivity index (χ3v) is 7.72. The van der Waals surface area contributed by atoms with Crippen molar-refractivity contribution in [2.75, 3.05) is 23.4 Å². The van der Waals surface area contributed by atoms with Gasteiger partial charge in [0, 0.05) is 48.8 Å². The van der Waals surface area contributed by atoms with Gasteiger partial charge in [0.15, 0.2) is 5.60 Å². The third kappa shape index (κ3) is 7.43. The van der Waals surface area contributed by atoms with Crippen LogP contribution in [0.1, 0.15) is 37.0 Å². The fourth-order valence-corrected chi connectivity index (χ4v) is 5.19. The van der Waals surface area contributed by atoms with E-state index in [4.69, 9.17) is 0 Å². The van der Waals surface area contributed by atoms with E-state index in [1.54, 1.807) is 43.3 Å². The van der Waals surface area contributed by atoms with E-state index in [2.05, 4.69) is 5.32 Å². The number of aliphatic hydroxyl groups excluding tert-OH is 2. The highest BCUT2D eigenvalue weighted by molar-refractivity contribution is 6.07. The Morgan fingerprint density at radius 3 is 2.38 bits per heavy atom. The summed E-state index contributed by atoms with van der Waals surface area (Å²) < 4.78 is 0. The van der Waals surface area contributed by atoms with Crippen LogP contribution in [0, 0.1) is 16.0 Å². The van der Waals surface area contributed by atoms with Gasteiger partial charge < -0.3 is 30.4 Å². The lowest BCUT2D eigenvalue weighted by atomic mass is 9.82. The summed E-state index contributed by atoms with van der Waals surface area (Å²) in [4.78, 5) is 52.5. The molecule has 1 heterocycles. The molecule has 0 aromatic heterocycles. The lowest BCUT2D eigenvalue weighted by molar-refractivity contribution is -0.385. The molecule has 12 nitrogen and oxygen atoms in total. The largest absolute Gasteiger partial charge is 0.395 e. The van der Waals surface area contributed by atoms with Gasteiger partial charge in [-0.1, -0.05) is 61.5 Å². The van der Waals surface area contributed by atoms with Crippen LogP contribution in [0.2, 0.25) is 0 Å². The first-order valence-corrected chi connectivity index (χ1v) is 14.5. The number of nitro groups is 1. The second-order valence-electron chi connectivity index (χ2n) is 10.9. The maximum Gasteiger partial charge on any atom is 0.269 e. The number of anilines is 2. The molecule has 3 atom stereocenters. The predicted octanol–water partition coefficient (Wildman–Crippen LogP) is 3.25. The Balaban J connectivity index is 1.55. The number of carbonyl (C=O) groups excluding carboxylic acids is 3. The first kappa shape index (κ1) is 33.0. The topological polar surface area (TPSA) is 174 Å². The molecule has 0 bridgehead atoms. The van der Waals surface area contributed by atoms with Gasteiger partial charge in [-0.05, 0) is 36.2 Å².